The molecule has 1 aromatic heterocycles. The monoisotopic (exact) mass is 351 g/mol. The number of para-hydroxylation sites is 2. The summed E-state index contributed by atoms with van der Waals surface area (Å²) in [5, 5.41) is 3.73. The number of amides is 2. The number of carbonyl (C=O) groups is 2. The Morgan fingerprint density at radius 1 is 1.08 bits per heavy atom. The number of anilines is 2. The molecule has 0 radical (unpaired) electrons. The Labute approximate surface area is 150 Å². The summed E-state index contributed by atoms with van der Waals surface area (Å²) in [4.78, 5) is 29.7. The number of halogens is 1. The highest BCUT2D eigenvalue weighted by Gasteiger charge is 2.17. The molecule has 0 fully saturated rings. The predicted octanol–water partition coefficient (Wildman–Crippen LogP) is 3.76. The first-order chi connectivity index (χ1) is 12.6. The van der Waals surface area contributed by atoms with Crippen LogP contribution in [-0.2, 0) is 9.59 Å². The fourth-order valence-corrected chi connectivity index (χ4v) is 2.75. The number of benzene rings is 2. The third-order valence-electron chi connectivity index (χ3n) is 3.99. The van der Waals surface area contributed by atoms with Gasteiger partial charge in [0.05, 0.1) is 16.9 Å². The summed E-state index contributed by atoms with van der Waals surface area (Å²) in [5.41, 5.74) is 1.47. The molecule has 1 heterocycles. The molecule has 6 heteroatoms. The van der Waals surface area contributed by atoms with Crippen molar-refractivity contribution in [2.45, 2.75) is 13.3 Å². The van der Waals surface area contributed by atoms with Crippen LogP contribution in [0.3, 0.4) is 0 Å². The van der Waals surface area contributed by atoms with Crippen molar-refractivity contribution in [1.29, 1.82) is 0 Å². The van der Waals surface area contributed by atoms with E-state index in [0.29, 0.717) is 11.2 Å². The minimum absolute atomic E-state index is 0.0388. The number of carbonyl (C=O) groups excluding carboxylic acids is 2. The van der Waals surface area contributed by atoms with E-state index in [2.05, 4.69) is 10.3 Å². The second-order valence-electron chi connectivity index (χ2n) is 5.80. The largest absolute Gasteiger partial charge is 0.324 e. The van der Waals surface area contributed by atoms with Gasteiger partial charge in [0.15, 0.2) is 0 Å². The van der Waals surface area contributed by atoms with E-state index in [1.165, 1.54) is 24.0 Å². The number of hydrogen-bond acceptors (Lipinski definition) is 3. The zero-order valence-corrected chi connectivity index (χ0v) is 14.3. The molecule has 0 atom stereocenters. The molecule has 0 aliphatic heterocycles. The molecule has 0 unspecified atom stereocenters. The minimum Gasteiger partial charge on any atom is -0.324 e. The molecule has 3 aromatic rings. The van der Waals surface area contributed by atoms with Crippen LogP contribution in [0.1, 0.15) is 13.3 Å². The lowest BCUT2D eigenvalue weighted by atomic mass is 10.2. The van der Waals surface area contributed by atoms with Gasteiger partial charge < -0.3 is 10.2 Å². The Kier molecular flexibility index (Phi) is 5.22. The first kappa shape index (κ1) is 17.5. The summed E-state index contributed by atoms with van der Waals surface area (Å²) < 4.78 is 13.9. The Balaban J connectivity index is 1.71. The first-order valence-corrected chi connectivity index (χ1v) is 8.22. The smallest absolute Gasteiger partial charge is 0.226 e. The van der Waals surface area contributed by atoms with Crippen LogP contribution in [0.15, 0.2) is 60.8 Å². The van der Waals surface area contributed by atoms with Crippen LogP contribution in [0.4, 0.5) is 15.8 Å². The van der Waals surface area contributed by atoms with Crippen molar-refractivity contribution in [1.82, 2.24) is 4.98 Å². The van der Waals surface area contributed by atoms with Gasteiger partial charge in [-0.2, -0.15) is 0 Å². The van der Waals surface area contributed by atoms with Crippen molar-refractivity contribution in [2.24, 2.45) is 0 Å². The van der Waals surface area contributed by atoms with Crippen molar-refractivity contribution < 1.29 is 14.0 Å². The van der Waals surface area contributed by atoms with Crippen LogP contribution < -0.4 is 10.2 Å². The van der Waals surface area contributed by atoms with Gasteiger partial charge in [-0.25, -0.2) is 4.39 Å². The quantitative estimate of drug-likeness (QED) is 0.761. The Morgan fingerprint density at radius 3 is 2.62 bits per heavy atom. The number of fused-ring (bicyclic) bond motifs is 1. The van der Waals surface area contributed by atoms with E-state index in [1.54, 1.807) is 24.4 Å². The Hall–Kier alpha value is -3.28. The Morgan fingerprint density at radius 2 is 1.85 bits per heavy atom. The molecule has 0 saturated carbocycles. The maximum Gasteiger partial charge on any atom is 0.226 e. The van der Waals surface area contributed by atoms with Crippen LogP contribution in [0.25, 0.3) is 10.9 Å². The van der Waals surface area contributed by atoms with Gasteiger partial charge in [-0.1, -0.05) is 30.3 Å². The maximum atomic E-state index is 13.9. The summed E-state index contributed by atoms with van der Waals surface area (Å²) in [6, 6.07) is 15.3. The summed E-state index contributed by atoms with van der Waals surface area (Å²) in [7, 11) is 0. The van der Waals surface area contributed by atoms with E-state index < -0.39 is 5.82 Å². The number of pyridine rings is 1. The third kappa shape index (κ3) is 3.85. The van der Waals surface area contributed by atoms with Crippen molar-refractivity contribution in [3.63, 3.8) is 0 Å². The number of hydrogen-bond donors (Lipinski definition) is 1. The van der Waals surface area contributed by atoms with Gasteiger partial charge in [-0.05, 0) is 24.3 Å². The highest BCUT2D eigenvalue weighted by atomic mass is 19.1. The van der Waals surface area contributed by atoms with Crippen molar-refractivity contribution in [2.75, 3.05) is 16.8 Å². The van der Waals surface area contributed by atoms with Gasteiger partial charge in [0.1, 0.15) is 5.82 Å². The van der Waals surface area contributed by atoms with Gasteiger partial charge in [0.2, 0.25) is 11.8 Å². The molecule has 0 spiro atoms. The van der Waals surface area contributed by atoms with Gasteiger partial charge in [-0.3, -0.25) is 14.6 Å². The molecule has 0 aliphatic rings. The normalized spacial score (nSPS) is 10.5. The molecule has 0 saturated heterocycles. The van der Waals surface area contributed by atoms with Crippen LogP contribution in [0.5, 0.6) is 0 Å². The number of nitrogens with zero attached hydrogens (tertiary/aromatic N) is 2. The lowest BCUT2D eigenvalue weighted by Crippen LogP contribution is -2.32. The summed E-state index contributed by atoms with van der Waals surface area (Å²) in [6.07, 6.45) is 1.70. The maximum absolute atomic E-state index is 13.9. The number of nitrogens with one attached hydrogen (secondary N) is 1. The van der Waals surface area contributed by atoms with E-state index in [9.17, 15) is 14.0 Å². The summed E-state index contributed by atoms with van der Waals surface area (Å²) in [5.74, 6) is -1.10. The lowest BCUT2D eigenvalue weighted by Gasteiger charge is -2.21. The molecule has 26 heavy (non-hydrogen) atoms. The minimum atomic E-state index is -0.499. The molecular weight excluding hydrogens is 333 g/mol. The molecule has 0 aliphatic carbocycles. The fourth-order valence-electron chi connectivity index (χ4n) is 2.75. The molecule has 5 nitrogen and oxygen atoms in total. The first-order valence-electron chi connectivity index (χ1n) is 8.22. The van der Waals surface area contributed by atoms with Crippen LogP contribution in [-0.4, -0.2) is 23.3 Å². The van der Waals surface area contributed by atoms with E-state index in [-0.39, 0.29) is 30.5 Å². The van der Waals surface area contributed by atoms with Gasteiger partial charge in [0.25, 0.3) is 0 Å². The SMILES string of the molecule is CC(=O)N(CCC(=O)Nc1cccc2cccnc12)c1ccccc1F. The predicted molar refractivity (Wildman–Crippen MR) is 99.4 cm³/mol. The van der Waals surface area contributed by atoms with Crippen LogP contribution >= 0.6 is 0 Å². The standard InChI is InChI=1S/C20H18FN3O2/c1-14(25)24(18-10-3-2-8-16(18)21)13-11-19(26)23-17-9-4-6-15-7-5-12-22-20(15)17/h2-10,12H,11,13H2,1H3,(H,23,26). The van der Waals surface area contributed by atoms with Crippen molar-refractivity contribution in [3.05, 3.63) is 66.6 Å². The highest BCUT2D eigenvalue weighted by Crippen LogP contribution is 2.22. The lowest BCUT2D eigenvalue weighted by molar-refractivity contribution is -0.117. The van der Waals surface area contributed by atoms with Crippen LogP contribution in [0, 0.1) is 5.82 Å². The second-order valence-corrected chi connectivity index (χ2v) is 5.80. The van der Waals surface area contributed by atoms with Gasteiger partial charge in [-0.15, -0.1) is 0 Å². The van der Waals surface area contributed by atoms with Crippen molar-refractivity contribution in [3.8, 4) is 0 Å². The molecular formula is C20H18FN3O2. The van der Waals surface area contributed by atoms with Gasteiger partial charge in [0, 0.05) is 31.5 Å². The van der Waals surface area contributed by atoms with E-state index >= 15 is 0 Å². The zero-order chi connectivity index (χ0) is 18.5. The topological polar surface area (TPSA) is 62.3 Å². The van der Waals surface area contributed by atoms with E-state index in [1.807, 2.05) is 24.3 Å². The second kappa shape index (κ2) is 7.74. The average molecular weight is 351 g/mol. The van der Waals surface area contributed by atoms with Crippen molar-refractivity contribution >= 4 is 34.1 Å². The fraction of sp³-hybridized carbons (Fsp3) is 0.150. The highest BCUT2D eigenvalue weighted by molar-refractivity contribution is 6.01. The molecule has 132 valence electrons. The summed E-state index contributed by atoms with van der Waals surface area (Å²) in [6.45, 7) is 1.43. The summed E-state index contributed by atoms with van der Waals surface area (Å²) >= 11 is 0. The number of aromatic nitrogens is 1. The molecule has 0 bridgehead atoms. The molecule has 1 N–H and O–H groups in total. The third-order valence-corrected chi connectivity index (χ3v) is 3.99. The zero-order valence-electron chi connectivity index (χ0n) is 14.3. The molecule has 3 rings (SSSR count). The molecule has 2 aromatic carbocycles. The molecule has 2 amide bonds. The number of rotatable bonds is 5. The average Bonchev–Trinajstić information content (AvgIpc) is 2.63. The van der Waals surface area contributed by atoms with Crippen LogP contribution in [0.2, 0.25) is 0 Å². The Bertz CT molecular complexity index is 953. The van der Waals surface area contributed by atoms with E-state index in [4.69, 9.17) is 0 Å². The van der Waals surface area contributed by atoms with Gasteiger partial charge >= 0.3 is 0 Å². The van der Waals surface area contributed by atoms with E-state index in [0.717, 1.165) is 5.39 Å².